The van der Waals surface area contributed by atoms with Gasteiger partial charge in [0, 0.05) is 24.5 Å². The molecule has 1 fully saturated rings. The van der Waals surface area contributed by atoms with E-state index in [1.54, 1.807) is 0 Å². The van der Waals surface area contributed by atoms with Gasteiger partial charge in [0.15, 0.2) is 6.61 Å². The van der Waals surface area contributed by atoms with Gasteiger partial charge in [-0.3, -0.25) is 4.79 Å². The van der Waals surface area contributed by atoms with Crippen LogP contribution < -0.4 is 15.4 Å². The van der Waals surface area contributed by atoms with Crippen LogP contribution in [0.15, 0.2) is 54.6 Å². The Bertz CT molecular complexity index is 637. The van der Waals surface area contributed by atoms with Crippen molar-refractivity contribution < 1.29 is 14.3 Å². The average Bonchev–Trinajstić information content (AvgIpc) is 3.14. The predicted octanol–water partition coefficient (Wildman–Crippen LogP) is 3.10. The molecule has 1 heterocycles. The Kier molecular flexibility index (Phi) is 5.69. The van der Waals surface area contributed by atoms with Crippen molar-refractivity contribution in [2.24, 2.45) is 0 Å². The van der Waals surface area contributed by atoms with E-state index in [1.165, 1.54) is 0 Å². The predicted molar refractivity (Wildman–Crippen MR) is 93.6 cm³/mol. The van der Waals surface area contributed by atoms with Crippen molar-refractivity contribution in [3.05, 3.63) is 54.6 Å². The van der Waals surface area contributed by atoms with Crippen molar-refractivity contribution in [1.29, 1.82) is 0 Å². The zero-order chi connectivity index (χ0) is 16.6. The molecular formula is C19H22N2O3. The highest BCUT2D eigenvalue weighted by atomic mass is 16.5. The third-order valence-corrected chi connectivity index (χ3v) is 3.84. The molecule has 0 saturated carbocycles. The molecule has 0 radical (unpaired) electrons. The first kappa shape index (κ1) is 16.3. The van der Waals surface area contributed by atoms with Gasteiger partial charge in [-0.15, -0.1) is 0 Å². The van der Waals surface area contributed by atoms with Gasteiger partial charge in [0.05, 0.1) is 6.10 Å². The minimum absolute atomic E-state index is 0.0121. The summed E-state index contributed by atoms with van der Waals surface area (Å²) in [6, 6.07) is 17.5. The first-order valence-electron chi connectivity index (χ1n) is 8.23. The largest absolute Gasteiger partial charge is 0.484 e. The zero-order valence-electron chi connectivity index (χ0n) is 13.5. The summed E-state index contributed by atoms with van der Waals surface area (Å²) in [7, 11) is 0. The van der Waals surface area contributed by atoms with Crippen LogP contribution >= 0.6 is 0 Å². The molecule has 0 aliphatic carbocycles. The molecule has 5 heteroatoms. The summed E-state index contributed by atoms with van der Waals surface area (Å²) in [5.41, 5.74) is 2.00. The van der Waals surface area contributed by atoms with Gasteiger partial charge in [-0.25, -0.2) is 0 Å². The Labute approximate surface area is 142 Å². The lowest BCUT2D eigenvalue weighted by molar-refractivity contribution is -0.123. The van der Waals surface area contributed by atoms with Crippen molar-refractivity contribution in [1.82, 2.24) is 5.32 Å². The first-order valence-corrected chi connectivity index (χ1v) is 8.23. The third-order valence-electron chi connectivity index (χ3n) is 3.84. The van der Waals surface area contributed by atoms with E-state index >= 15 is 0 Å². The molecule has 1 atom stereocenters. The standard InChI is InChI=1S/C19H22N2O3/c22-19(20-13-18-7-4-12-23-18)14-24-17-10-8-16(9-11-17)21-15-5-2-1-3-6-15/h1-3,5-6,8-11,18,21H,4,7,12-14H2,(H,20,22). The van der Waals surface area contributed by atoms with Crippen LogP contribution in [0.4, 0.5) is 11.4 Å². The molecule has 5 nitrogen and oxygen atoms in total. The topological polar surface area (TPSA) is 59.6 Å². The number of hydrogen-bond donors (Lipinski definition) is 2. The quantitative estimate of drug-likeness (QED) is 0.821. The van der Waals surface area contributed by atoms with Crippen LogP contribution in [0.2, 0.25) is 0 Å². The van der Waals surface area contributed by atoms with Crippen molar-refractivity contribution >= 4 is 17.3 Å². The van der Waals surface area contributed by atoms with E-state index < -0.39 is 0 Å². The van der Waals surface area contributed by atoms with Crippen molar-refractivity contribution in [3.8, 4) is 5.75 Å². The van der Waals surface area contributed by atoms with Crippen LogP contribution in [0.25, 0.3) is 0 Å². The number of carbonyl (C=O) groups is 1. The maximum atomic E-state index is 11.8. The van der Waals surface area contributed by atoms with Crippen molar-refractivity contribution in [3.63, 3.8) is 0 Å². The number of amides is 1. The summed E-state index contributed by atoms with van der Waals surface area (Å²) in [6.45, 7) is 1.36. The monoisotopic (exact) mass is 326 g/mol. The van der Waals surface area contributed by atoms with Gasteiger partial charge in [0.1, 0.15) is 5.75 Å². The molecule has 2 aromatic rings. The lowest BCUT2D eigenvalue weighted by Crippen LogP contribution is -2.35. The maximum Gasteiger partial charge on any atom is 0.258 e. The number of carbonyl (C=O) groups excluding carboxylic acids is 1. The fourth-order valence-electron chi connectivity index (χ4n) is 2.56. The Morgan fingerprint density at radius 1 is 1.08 bits per heavy atom. The second-order valence-electron chi connectivity index (χ2n) is 5.74. The molecule has 2 aromatic carbocycles. The van der Waals surface area contributed by atoms with Crippen LogP contribution in [0, 0.1) is 0 Å². The van der Waals surface area contributed by atoms with Crippen molar-refractivity contribution in [2.45, 2.75) is 18.9 Å². The highest BCUT2D eigenvalue weighted by Crippen LogP contribution is 2.19. The van der Waals surface area contributed by atoms with Crippen LogP contribution in [-0.2, 0) is 9.53 Å². The average molecular weight is 326 g/mol. The molecule has 24 heavy (non-hydrogen) atoms. The summed E-state index contributed by atoms with van der Waals surface area (Å²) in [5.74, 6) is 0.540. The summed E-state index contributed by atoms with van der Waals surface area (Å²) in [6.07, 6.45) is 2.23. The molecule has 1 unspecified atom stereocenters. The van der Waals surface area contributed by atoms with E-state index in [1.807, 2.05) is 54.6 Å². The minimum atomic E-state index is -0.128. The van der Waals surface area contributed by atoms with Crippen LogP contribution in [0.3, 0.4) is 0 Å². The first-order chi connectivity index (χ1) is 11.8. The lowest BCUT2D eigenvalue weighted by atomic mass is 10.2. The molecule has 0 spiro atoms. The Morgan fingerprint density at radius 2 is 1.83 bits per heavy atom. The smallest absolute Gasteiger partial charge is 0.258 e. The second-order valence-corrected chi connectivity index (χ2v) is 5.74. The van der Waals surface area contributed by atoms with Gasteiger partial charge < -0.3 is 20.1 Å². The van der Waals surface area contributed by atoms with Gasteiger partial charge in [-0.1, -0.05) is 18.2 Å². The highest BCUT2D eigenvalue weighted by molar-refractivity contribution is 5.77. The Morgan fingerprint density at radius 3 is 2.54 bits per heavy atom. The third kappa shape index (κ3) is 4.99. The lowest BCUT2D eigenvalue weighted by Gasteiger charge is -2.12. The molecule has 3 rings (SSSR count). The second kappa shape index (κ2) is 8.36. The number of anilines is 2. The molecule has 1 aliphatic heterocycles. The van der Waals surface area contributed by atoms with Crippen LogP contribution in [-0.4, -0.2) is 31.8 Å². The minimum Gasteiger partial charge on any atom is -0.484 e. The Balaban J connectivity index is 1.41. The van der Waals surface area contributed by atoms with Crippen molar-refractivity contribution in [2.75, 3.05) is 25.1 Å². The maximum absolute atomic E-state index is 11.8. The van der Waals surface area contributed by atoms with Gasteiger partial charge >= 0.3 is 0 Å². The van der Waals surface area contributed by atoms with Gasteiger partial charge in [0.25, 0.3) is 5.91 Å². The van der Waals surface area contributed by atoms with E-state index in [0.29, 0.717) is 12.3 Å². The van der Waals surface area contributed by atoms with Crippen LogP contribution in [0.5, 0.6) is 5.75 Å². The number of para-hydroxylation sites is 1. The molecule has 0 bridgehead atoms. The van der Waals surface area contributed by atoms with E-state index in [2.05, 4.69) is 10.6 Å². The molecular weight excluding hydrogens is 304 g/mol. The molecule has 0 aromatic heterocycles. The van der Waals surface area contributed by atoms with E-state index in [4.69, 9.17) is 9.47 Å². The molecule has 1 saturated heterocycles. The summed E-state index contributed by atoms with van der Waals surface area (Å²) < 4.78 is 11.0. The van der Waals surface area contributed by atoms with Gasteiger partial charge in [-0.2, -0.15) is 0 Å². The number of nitrogens with one attached hydrogen (secondary N) is 2. The Hall–Kier alpha value is -2.53. The van der Waals surface area contributed by atoms with Gasteiger partial charge in [0.2, 0.25) is 0 Å². The zero-order valence-corrected chi connectivity index (χ0v) is 13.5. The fraction of sp³-hybridized carbons (Fsp3) is 0.316. The molecule has 126 valence electrons. The number of rotatable bonds is 7. The van der Waals surface area contributed by atoms with Crippen LogP contribution in [0.1, 0.15) is 12.8 Å². The van der Waals surface area contributed by atoms with E-state index in [9.17, 15) is 4.79 Å². The molecule has 1 aliphatic rings. The number of ether oxygens (including phenoxy) is 2. The fourth-order valence-corrected chi connectivity index (χ4v) is 2.56. The highest BCUT2D eigenvalue weighted by Gasteiger charge is 2.16. The van der Waals surface area contributed by atoms with Gasteiger partial charge in [-0.05, 0) is 49.2 Å². The number of benzene rings is 2. The SMILES string of the molecule is O=C(COc1ccc(Nc2ccccc2)cc1)NCC1CCCO1. The number of hydrogen-bond acceptors (Lipinski definition) is 4. The van der Waals surface area contributed by atoms with E-state index in [0.717, 1.165) is 30.8 Å². The normalized spacial score (nSPS) is 16.6. The molecule has 2 N–H and O–H groups in total. The van der Waals surface area contributed by atoms with E-state index in [-0.39, 0.29) is 18.6 Å². The summed E-state index contributed by atoms with van der Waals surface area (Å²) in [4.78, 5) is 11.8. The summed E-state index contributed by atoms with van der Waals surface area (Å²) in [5, 5.41) is 6.14. The summed E-state index contributed by atoms with van der Waals surface area (Å²) >= 11 is 0. The molecule has 1 amide bonds.